The molecule has 1 N–H and O–H groups in total. The highest BCUT2D eigenvalue weighted by atomic mass is 32.2. The Morgan fingerprint density at radius 2 is 1.69 bits per heavy atom. The van der Waals surface area contributed by atoms with E-state index < -0.39 is 23.5 Å². The van der Waals surface area contributed by atoms with E-state index in [9.17, 15) is 14.7 Å². The van der Waals surface area contributed by atoms with Crippen molar-refractivity contribution in [3.8, 4) is 11.5 Å². The minimum absolute atomic E-state index is 0.00136. The zero-order chi connectivity index (χ0) is 31.1. The molecular formula is C34H25N3O6S2. The second-order valence-electron chi connectivity index (χ2n) is 10.2. The molecule has 4 aromatic carbocycles. The minimum atomic E-state index is -1.04. The van der Waals surface area contributed by atoms with Crippen LogP contribution in [-0.4, -0.2) is 41.2 Å². The molecule has 7 rings (SSSR count). The molecule has 0 spiro atoms. The van der Waals surface area contributed by atoms with Crippen molar-refractivity contribution in [2.45, 2.75) is 16.1 Å². The molecule has 1 aliphatic rings. The van der Waals surface area contributed by atoms with Gasteiger partial charge in [-0.3, -0.25) is 14.5 Å². The first-order valence-corrected chi connectivity index (χ1v) is 15.7. The summed E-state index contributed by atoms with van der Waals surface area (Å²) in [5.74, 6) is -0.554. The number of rotatable bonds is 9. The third kappa shape index (κ3) is 5.09. The number of fused-ring (bicyclic) bond motifs is 2. The van der Waals surface area contributed by atoms with Crippen LogP contribution in [0.2, 0.25) is 0 Å². The van der Waals surface area contributed by atoms with Crippen LogP contribution in [0.25, 0.3) is 21.7 Å². The van der Waals surface area contributed by atoms with Crippen LogP contribution in [0.15, 0.2) is 111 Å². The molecule has 2 aromatic heterocycles. The lowest BCUT2D eigenvalue weighted by molar-refractivity contribution is -0.117. The molecule has 1 unspecified atom stereocenters. The molecular weight excluding hydrogens is 611 g/mol. The number of para-hydroxylation sites is 1. The number of thioether (sulfide) groups is 1. The van der Waals surface area contributed by atoms with Crippen LogP contribution in [0.3, 0.4) is 0 Å². The molecule has 1 atom stereocenters. The zero-order valence-corrected chi connectivity index (χ0v) is 25.7. The predicted molar refractivity (Wildman–Crippen MR) is 173 cm³/mol. The minimum Gasteiger partial charge on any atom is -0.503 e. The summed E-state index contributed by atoms with van der Waals surface area (Å²) >= 11 is 2.70. The summed E-state index contributed by atoms with van der Waals surface area (Å²) in [5, 5.41) is 23.2. The smallest absolute Gasteiger partial charge is 0.296 e. The highest BCUT2D eigenvalue weighted by molar-refractivity contribution is 8.00. The number of aromatic nitrogens is 2. The van der Waals surface area contributed by atoms with Crippen molar-refractivity contribution < 1.29 is 28.6 Å². The quantitative estimate of drug-likeness (QED) is 0.0978. The highest BCUT2D eigenvalue weighted by Crippen LogP contribution is 2.46. The molecule has 0 radical (unpaired) electrons. The van der Waals surface area contributed by atoms with Crippen molar-refractivity contribution in [3.63, 3.8) is 0 Å². The van der Waals surface area contributed by atoms with Crippen molar-refractivity contribution in [1.82, 2.24) is 10.2 Å². The molecule has 1 aliphatic heterocycles. The Labute approximate surface area is 265 Å². The fraction of sp³-hybridized carbons (Fsp3) is 0.118. The van der Waals surface area contributed by atoms with Gasteiger partial charge in [-0.1, -0.05) is 89.8 Å². The Morgan fingerprint density at radius 1 is 0.933 bits per heavy atom. The number of anilines is 1. The van der Waals surface area contributed by atoms with Crippen LogP contribution in [0, 0.1) is 0 Å². The first kappa shape index (κ1) is 28.6. The van der Waals surface area contributed by atoms with Gasteiger partial charge in [0.25, 0.3) is 5.91 Å². The topological polar surface area (TPSA) is 115 Å². The number of methoxy groups -OCH3 is 2. The average Bonchev–Trinajstić information content (AvgIpc) is 3.79. The number of Topliss-reactive ketones (excluding diaryl/α,β-unsaturated/α-hetero) is 1. The van der Waals surface area contributed by atoms with Gasteiger partial charge in [0, 0.05) is 11.1 Å². The van der Waals surface area contributed by atoms with Gasteiger partial charge in [0.15, 0.2) is 27.4 Å². The van der Waals surface area contributed by atoms with Crippen LogP contribution < -0.4 is 14.4 Å². The van der Waals surface area contributed by atoms with E-state index >= 15 is 0 Å². The van der Waals surface area contributed by atoms with Gasteiger partial charge in [0.1, 0.15) is 5.58 Å². The lowest BCUT2D eigenvalue weighted by Gasteiger charge is -2.24. The molecule has 0 saturated carbocycles. The maximum Gasteiger partial charge on any atom is 0.296 e. The summed E-state index contributed by atoms with van der Waals surface area (Å²) in [6.07, 6.45) is 0. The van der Waals surface area contributed by atoms with Gasteiger partial charge in [-0.25, -0.2) is 0 Å². The molecule has 6 aromatic rings. The van der Waals surface area contributed by atoms with Gasteiger partial charge >= 0.3 is 0 Å². The molecule has 0 bridgehead atoms. The lowest BCUT2D eigenvalue weighted by atomic mass is 9.95. The number of aliphatic hydroxyl groups is 1. The second-order valence-corrected chi connectivity index (χ2v) is 12.4. The van der Waals surface area contributed by atoms with Crippen molar-refractivity contribution in [2.24, 2.45) is 0 Å². The Balaban J connectivity index is 1.26. The third-order valence-corrected chi connectivity index (χ3v) is 9.76. The summed E-state index contributed by atoms with van der Waals surface area (Å²) in [7, 11) is 3.01. The number of aliphatic hydroxyl groups excluding tert-OH is 1. The number of carbonyl (C=O) groups is 2. The fourth-order valence-electron chi connectivity index (χ4n) is 5.52. The van der Waals surface area contributed by atoms with Crippen LogP contribution >= 0.6 is 23.1 Å². The molecule has 11 heteroatoms. The monoisotopic (exact) mass is 635 g/mol. The molecule has 45 heavy (non-hydrogen) atoms. The van der Waals surface area contributed by atoms with E-state index in [0.717, 1.165) is 21.7 Å². The molecule has 0 aliphatic carbocycles. The summed E-state index contributed by atoms with van der Waals surface area (Å²) in [4.78, 5) is 29.0. The fourth-order valence-corrected chi connectivity index (χ4v) is 7.39. The summed E-state index contributed by atoms with van der Waals surface area (Å²) < 4.78 is 17.4. The van der Waals surface area contributed by atoms with Crippen LogP contribution in [-0.2, 0) is 10.5 Å². The first-order chi connectivity index (χ1) is 22.0. The number of nitrogens with zero attached hydrogens (tertiary/aromatic N) is 3. The van der Waals surface area contributed by atoms with Gasteiger partial charge in [-0.2, -0.15) is 0 Å². The Morgan fingerprint density at radius 3 is 2.49 bits per heavy atom. The van der Waals surface area contributed by atoms with E-state index in [-0.39, 0.29) is 16.5 Å². The van der Waals surface area contributed by atoms with Gasteiger partial charge < -0.3 is 19.0 Å². The third-order valence-electron chi connectivity index (χ3n) is 7.66. The molecule has 0 fully saturated rings. The normalized spacial score (nSPS) is 14.9. The number of ether oxygens (including phenoxy) is 2. The van der Waals surface area contributed by atoms with E-state index in [4.69, 9.17) is 13.9 Å². The summed E-state index contributed by atoms with van der Waals surface area (Å²) in [5.41, 5.74) is 2.03. The molecule has 3 heterocycles. The van der Waals surface area contributed by atoms with Gasteiger partial charge in [0.2, 0.25) is 10.9 Å². The van der Waals surface area contributed by atoms with E-state index in [1.807, 2.05) is 30.3 Å². The number of hydrogen-bond acceptors (Lipinski definition) is 10. The van der Waals surface area contributed by atoms with E-state index in [1.54, 1.807) is 36.4 Å². The molecule has 224 valence electrons. The van der Waals surface area contributed by atoms with E-state index in [2.05, 4.69) is 34.5 Å². The number of benzene rings is 4. The number of ketones is 1. The molecule has 9 nitrogen and oxygen atoms in total. The van der Waals surface area contributed by atoms with Crippen LogP contribution in [0.4, 0.5) is 5.13 Å². The van der Waals surface area contributed by atoms with Crippen LogP contribution in [0.5, 0.6) is 11.5 Å². The maximum atomic E-state index is 14.0. The Bertz CT molecular complexity index is 2100. The summed E-state index contributed by atoms with van der Waals surface area (Å²) in [6, 6.07) is 27.2. The Hall–Kier alpha value is -5.13. The number of furan rings is 1. The number of carbonyl (C=O) groups excluding carboxylic acids is 2. The van der Waals surface area contributed by atoms with Crippen molar-refractivity contribution in [2.75, 3.05) is 19.1 Å². The highest BCUT2D eigenvalue weighted by Gasteiger charge is 2.47. The lowest BCUT2D eigenvalue weighted by Crippen LogP contribution is -2.31. The van der Waals surface area contributed by atoms with Gasteiger partial charge in [0.05, 0.1) is 25.8 Å². The van der Waals surface area contributed by atoms with E-state index in [0.29, 0.717) is 32.7 Å². The second kappa shape index (κ2) is 11.8. The maximum absolute atomic E-state index is 14.0. The van der Waals surface area contributed by atoms with Gasteiger partial charge in [-0.15, -0.1) is 10.2 Å². The van der Waals surface area contributed by atoms with Crippen molar-refractivity contribution in [3.05, 3.63) is 119 Å². The van der Waals surface area contributed by atoms with E-state index in [1.165, 1.54) is 42.2 Å². The Kier molecular flexibility index (Phi) is 7.48. The largest absolute Gasteiger partial charge is 0.503 e. The number of hydrogen-bond donors (Lipinski definition) is 1. The van der Waals surface area contributed by atoms with Crippen molar-refractivity contribution in [1.29, 1.82) is 0 Å². The average molecular weight is 636 g/mol. The molecule has 0 saturated heterocycles. The summed E-state index contributed by atoms with van der Waals surface area (Å²) in [6.45, 7) is 0. The standard InChI is InChI=1S/C34H25N3O6S2/c1-41-25-15-14-21(17-26(25)42-2)29-28(30(38)27-16-20-9-4-6-13-24(20)43-27)31(39)32(40)37(29)33-35-36-34(45-33)44-18-22-11-7-10-19-8-3-5-12-23(19)22/h3-17,29,39H,18H2,1-2H3. The van der Waals surface area contributed by atoms with Gasteiger partial charge in [-0.05, 0) is 46.2 Å². The number of amides is 1. The predicted octanol–water partition coefficient (Wildman–Crippen LogP) is 7.53. The first-order valence-electron chi connectivity index (χ1n) is 13.9. The van der Waals surface area contributed by atoms with Crippen LogP contribution in [0.1, 0.15) is 27.7 Å². The molecule has 1 amide bonds. The SMILES string of the molecule is COc1ccc(C2C(C(=O)c3cc4ccccc4o3)=C(O)C(=O)N2c2nnc(SCc3cccc4ccccc34)s2)cc1OC. The zero-order valence-electron chi connectivity index (χ0n) is 24.1. The van der Waals surface area contributed by atoms with Crippen molar-refractivity contribution >= 4 is 61.7 Å².